The highest BCUT2D eigenvalue weighted by Crippen LogP contribution is 2.44. The maximum Gasteiger partial charge on any atom is 0.471 e. The summed E-state index contributed by atoms with van der Waals surface area (Å²) in [6.45, 7) is 10.3. The molecule has 0 fully saturated rings. The van der Waals surface area contributed by atoms with Gasteiger partial charge in [0.1, 0.15) is 5.00 Å². The zero-order valence-electron chi connectivity index (χ0n) is 18.3. The molecule has 4 nitrogen and oxygen atoms in total. The molecule has 168 valence electrons. The van der Waals surface area contributed by atoms with Crippen molar-refractivity contribution in [2.75, 3.05) is 10.6 Å². The van der Waals surface area contributed by atoms with Gasteiger partial charge in [-0.25, -0.2) is 0 Å². The second kappa shape index (κ2) is 8.30. The maximum absolute atomic E-state index is 13.1. The van der Waals surface area contributed by atoms with E-state index in [4.69, 9.17) is 0 Å². The number of aryl methyl sites for hydroxylation is 2. The van der Waals surface area contributed by atoms with Gasteiger partial charge in [-0.05, 0) is 73.3 Å². The van der Waals surface area contributed by atoms with Crippen LogP contribution in [0.5, 0.6) is 0 Å². The summed E-state index contributed by atoms with van der Waals surface area (Å²) in [5.41, 5.74) is 3.54. The van der Waals surface area contributed by atoms with Crippen LogP contribution in [-0.4, -0.2) is 18.0 Å². The van der Waals surface area contributed by atoms with E-state index in [-0.39, 0.29) is 16.0 Å². The normalized spacial score (nSPS) is 16.6. The minimum atomic E-state index is -5.03. The van der Waals surface area contributed by atoms with E-state index in [1.807, 2.05) is 31.3 Å². The van der Waals surface area contributed by atoms with Crippen molar-refractivity contribution in [3.05, 3.63) is 45.3 Å². The van der Waals surface area contributed by atoms with Crippen LogP contribution in [0.2, 0.25) is 0 Å². The third kappa shape index (κ3) is 5.11. The highest BCUT2D eigenvalue weighted by atomic mass is 32.1. The van der Waals surface area contributed by atoms with Crippen LogP contribution >= 0.6 is 11.3 Å². The van der Waals surface area contributed by atoms with Crippen LogP contribution in [0.4, 0.5) is 23.9 Å². The smallest absolute Gasteiger partial charge is 0.322 e. The maximum atomic E-state index is 13.1. The predicted octanol–water partition coefficient (Wildman–Crippen LogP) is 6.27. The summed E-state index contributed by atoms with van der Waals surface area (Å²) in [4.78, 5) is 25.6. The van der Waals surface area contributed by atoms with E-state index in [0.717, 1.165) is 39.3 Å². The monoisotopic (exact) mass is 452 g/mol. The summed E-state index contributed by atoms with van der Waals surface area (Å²) in [5, 5.41) is 4.70. The number of thiophene rings is 1. The molecule has 2 amide bonds. The largest absolute Gasteiger partial charge is 0.471 e. The molecule has 1 aliphatic carbocycles. The van der Waals surface area contributed by atoms with Gasteiger partial charge in [0.2, 0.25) is 0 Å². The van der Waals surface area contributed by atoms with Crippen molar-refractivity contribution in [1.29, 1.82) is 0 Å². The van der Waals surface area contributed by atoms with Crippen molar-refractivity contribution in [3.8, 4) is 0 Å². The van der Waals surface area contributed by atoms with E-state index >= 15 is 0 Å². The Kier molecular flexibility index (Phi) is 6.24. The molecule has 1 heterocycles. The molecule has 1 unspecified atom stereocenters. The van der Waals surface area contributed by atoms with Crippen molar-refractivity contribution in [1.82, 2.24) is 0 Å². The first-order valence-corrected chi connectivity index (χ1v) is 11.0. The first-order chi connectivity index (χ1) is 14.3. The van der Waals surface area contributed by atoms with Gasteiger partial charge in [-0.2, -0.15) is 13.2 Å². The Morgan fingerprint density at radius 1 is 1.06 bits per heavy atom. The Balaban J connectivity index is 1.98. The van der Waals surface area contributed by atoms with E-state index in [9.17, 15) is 22.8 Å². The van der Waals surface area contributed by atoms with Gasteiger partial charge in [-0.15, -0.1) is 11.3 Å². The number of carbonyl (C=O) groups excluding carboxylic acids is 2. The Morgan fingerprint density at radius 3 is 2.32 bits per heavy atom. The minimum absolute atomic E-state index is 0.0387. The minimum Gasteiger partial charge on any atom is -0.322 e. The van der Waals surface area contributed by atoms with E-state index in [0.29, 0.717) is 24.4 Å². The van der Waals surface area contributed by atoms with Crippen LogP contribution in [-0.2, 0) is 17.6 Å². The zero-order chi connectivity index (χ0) is 23.1. The van der Waals surface area contributed by atoms with E-state index in [2.05, 4.69) is 26.1 Å². The second-order valence-corrected chi connectivity index (χ2v) is 10.3. The summed E-state index contributed by atoms with van der Waals surface area (Å²) in [7, 11) is 0. The molecule has 1 aromatic carbocycles. The van der Waals surface area contributed by atoms with Crippen molar-refractivity contribution in [3.63, 3.8) is 0 Å². The first-order valence-electron chi connectivity index (χ1n) is 10.2. The van der Waals surface area contributed by atoms with Gasteiger partial charge in [0.15, 0.2) is 0 Å². The zero-order valence-corrected chi connectivity index (χ0v) is 19.1. The molecule has 0 spiro atoms. The SMILES string of the molecule is Cc1ccc(NC(=O)c2c(NC(=O)C(F)(F)F)sc3c2CCC(C(C)(C)C)C3)cc1C. The molecule has 0 saturated heterocycles. The number of benzene rings is 1. The summed E-state index contributed by atoms with van der Waals surface area (Å²) in [6, 6.07) is 5.44. The number of anilines is 2. The number of nitrogens with one attached hydrogen (secondary N) is 2. The van der Waals surface area contributed by atoms with Crippen LogP contribution in [0.1, 0.15) is 59.1 Å². The Bertz CT molecular complexity index is 1020. The molecule has 0 aliphatic heterocycles. The molecule has 1 aromatic heterocycles. The molecule has 2 N–H and O–H groups in total. The number of fused-ring (bicyclic) bond motifs is 1. The third-order valence-corrected chi connectivity index (χ3v) is 7.14. The first kappa shape index (κ1) is 23.3. The quantitative estimate of drug-likeness (QED) is 0.577. The fourth-order valence-corrected chi connectivity index (χ4v) is 5.16. The lowest BCUT2D eigenvalue weighted by atomic mass is 9.72. The summed E-state index contributed by atoms with van der Waals surface area (Å²) < 4.78 is 38.7. The highest BCUT2D eigenvalue weighted by Gasteiger charge is 2.41. The van der Waals surface area contributed by atoms with E-state index in [1.54, 1.807) is 6.07 Å². The van der Waals surface area contributed by atoms with Gasteiger partial charge in [-0.3, -0.25) is 9.59 Å². The summed E-state index contributed by atoms with van der Waals surface area (Å²) in [5.74, 6) is -2.23. The van der Waals surface area contributed by atoms with Crippen LogP contribution < -0.4 is 10.6 Å². The van der Waals surface area contributed by atoms with Crippen molar-refractivity contribution in [2.45, 2.75) is 60.1 Å². The van der Waals surface area contributed by atoms with Crippen molar-refractivity contribution >= 4 is 33.8 Å². The lowest BCUT2D eigenvalue weighted by Gasteiger charge is -2.33. The topological polar surface area (TPSA) is 58.2 Å². The number of rotatable bonds is 3. The summed E-state index contributed by atoms with van der Waals surface area (Å²) in [6.07, 6.45) is -2.93. The van der Waals surface area contributed by atoms with Gasteiger partial charge in [0.25, 0.3) is 5.91 Å². The number of hydrogen-bond donors (Lipinski definition) is 2. The predicted molar refractivity (Wildman–Crippen MR) is 118 cm³/mol. The Hall–Kier alpha value is -2.35. The van der Waals surface area contributed by atoms with Gasteiger partial charge in [0.05, 0.1) is 5.56 Å². The second-order valence-electron chi connectivity index (χ2n) is 9.22. The Morgan fingerprint density at radius 2 is 1.74 bits per heavy atom. The van der Waals surface area contributed by atoms with Crippen LogP contribution in [0.25, 0.3) is 0 Å². The van der Waals surface area contributed by atoms with Crippen LogP contribution in [0.15, 0.2) is 18.2 Å². The number of alkyl halides is 3. The van der Waals surface area contributed by atoms with Gasteiger partial charge in [0, 0.05) is 10.6 Å². The molecular formula is C23H27F3N2O2S. The average molecular weight is 453 g/mol. The lowest BCUT2D eigenvalue weighted by Crippen LogP contribution is -2.30. The molecule has 31 heavy (non-hydrogen) atoms. The molecule has 2 aromatic rings. The molecule has 8 heteroatoms. The summed E-state index contributed by atoms with van der Waals surface area (Å²) >= 11 is 1.08. The van der Waals surface area contributed by atoms with Crippen molar-refractivity contribution < 1.29 is 22.8 Å². The third-order valence-electron chi connectivity index (χ3n) is 5.97. The van der Waals surface area contributed by atoms with Crippen molar-refractivity contribution in [2.24, 2.45) is 11.3 Å². The van der Waals surface area contributed by atoms with Crippen LogP contribution in [0, 0.1) is 25.2 Å². The standard InChI is InChI=1S/C23H27F3N2O2S/c1-12-6-8-15(10-13(12)2)27-19(29)18-16-9-7-14(22(3,4)5)11-17(16)31-20(18)28-21(30)23(24,25)26/h6,8,10,14H,7,9,11H2,1-5H3,(H,27,29)(H,28,30). The molecule has 3 rings (SSSR count). The van der Waals surface area contributed by atoms with Gasteiger partial charge >= 0.3 is 12.1 Å². The average Bonchev–Trinajstić information content (AvgIpc) is 3.00. The van der Waals surface area contributed by atoms with E-state index < -0.39 is 18.0 Å². The molecule has 0 radical (unpaired) electrons. The number of halogens is 3. The fourth-order valence-electron chi connectivity index (χ4n) is 3.84. The Labute approximate surface area is 184 Å². The fraction of sp³-hybridized carbons (Fsp3) is 0.478. The molecule has 1 atom stereocenters. The van der Waals surface area contributed by atoms with Gasteiger partial charge < -0.3 is 10.6 Å². The lowest BCUT2D eigenvalue weighted by molar-refractivity contribution is -0.167. The molecule has 1 aliphatic rings. The van der Waals surface area contributed by atoms with E-state index in [1.165, 1.54) is 0 Å². The van der Waals surface area contributed by atoms with Gasteiger partial charge in [-0.1, -0.05) is 26.8 Å². The molecule has 0 bridgehead atoms. The number of amides is 2. The van der Waals surface area contributed by atoms with Crippen LogP contribution in [0.3, 0.4) is 0 Å². The molecular weight excluding hydrogens is 425 g/mol. The highest BCUT2D eigenvalue weighted by molar-refractivity contribution is 7.17. The molecule has 0 saturated carbocycles. The number of hydrogen-bond acceptors (Lipinski definition) is 3. The number of carbonyl (C=O) groups is 2.